The molecule has 1 heterocycles. The Balaban J connectivity index is 1.74. The fourth-order valence-electron chi connectivity index (χ4n) is 3.42. The number of thioether (sulfide) groups is 1. The standard InChI is InChI=1S/C24H22F6N2O2S/c1-2-15-10-14(6-8-19(15)22(34)31-18-12-35-13-18)7-9-20(33)32-21(24(28,29)30)16-4-3-5-17(11-16)23(25,26)27/h3-11,18,21H,2,12-13H2,1H3,(H,31,34)(H,32,33)/b9-7+. The zero-order chi connectivity index (χ0) is 25.8. The number of benzene rings is 2. The van der Waals surface area contributed by atoms with Crippen LogP contribution in [0.25, 0.3) is 6.08 Å². The molecule has 2 amide bonds. The first-order valence-corrected chi connectivity index (χ1v) is 11.8. The van der Waals surface area contributed by atoms with E-state index in [1.165, 1.54) is 6.08 Å². The molecule has 35 heavy (non-hydrogen) atoms. The van der Waals surface area contributed by atoms with Gasteiger partial charge >= 0.3 is 12.4 Å². The highest BCUT2D eigenvalue weighted by Crippen LogP contribution is 2.36. The summed E-state index contributed by atoms with van der Waals surface area (Å²) in [7, 11) is 0. The van der Waals surface area contributed by atoms with E-state index in [0.717, 1.165) is 29.7 Å². The predicted molar refractivity (Wildman–Crippen MR) is 122 cm³/mol. The van der Waals surface area contributed by atoms with Gasteiger partial charge in [-0.05, 0) is 47.4 Å². The maximum absolute atomic E-state index is 13.5. The smallest absolute Gasteiger partial charge is 0.348 e. The molecular weight excluding hydrogens is 494 g/mol. The van der Waals surface area contributed by atoms with Gasteiger partial charge in [-0.2, -0.15) is 38.1 Å². The van der Waals surface area contributed by atoms with Gasteiger partial charge in [0, 0.05) is 29.2 Å². The van der Waals surface area contributed by atoms with E-state index in [4.69, 9.17) is 0 Å². The number of hydrogen-bond donors (Lipinski definition) is 2. The average molecular weight is 517 g/mol. The number of amides is 2. The third-order valence-corrected chi connectivity index (χ3v) is 6.59. The molecule has 1 unspecified atom stereocenters. The number of nitrogens with one attached hydrogen (secondary N) is 2. The van der Waals surface area contributed by atoms with Gasteiger partial charge in [0.1, 0.15) is 0 Å². The summed E-state index contributed by atoms with van der Waals surface area (Å²) in [6.45, 7) is 1.84. The summed E-state index contributed by atoms with van der Waals surface area (Å²) in [4.78, 5) is 24.7. The van der Waals surface area contributed by atoms with E-state index >= 15 is 0 Å². The molecule has 0 spiro atoms. The molecule has 0 radical (unpaired) electrons. The number of halogens is 6. The van der Waals surface area contributed by atoms with Crippen molar-refractivity contribution < 1.29 is 35.9 Å². The van der Waals surface area contributed by atoms with Gasteiger partial charge in [-0.3, -0.25) is 9.59 Å². The number of rotatable bonds is 7. The summed E-state index contributed by atoms with van der Waals surface area (Å²) in [5.74, 6) is 0.354. The average Bonchev–Trinajstić information content (AvgIpc) is 2.76. The second kappa shape index (κ2) is 10.8. The third-order valence-electron chi connectivity index (χ3n) is 5.32. The predicted octanol–water partition coefficient (Wildman–Crippen LogP) is 5.55. The summed E-state index contributed by atoms with van der Waals surface area (Å²) < 4.78 is 79.4. The van der Waals surface area contributed by atoms with E-state index in [1.807, 2.05) is 6.92 Å². The summed E-state index contributed by atoms with van der Waals surface area (Å²) in [5.41, 5.74) is -0.318. The highest BCUT2D eigenvalue weighted by molar-refractivity contribution is 8.00. The molecule has 11 heteroatoms. The van der Waals surface area contributed by atoms with Crippen LogP contribution in [0, 0.1) is 0 Å². The SMILES string of the molecule is CCc1cc(/C=C/C(=O)NC(c2cccc(C(F)(F)F)c2)C(F)(F)F)ccc1C(=O)NC1CSC1. The second-order valence-electron chi connectivity index (χ2n) is 7.92. The van der Waals surface area contributed by atoms with Crippen molar-refractivity contribution in [3.8, 4) is 0 Å². The van der Waals surface area contributed by atoms with Crippen LogP contribution in [0.2, 0.25) is 0 Å². The van der Waals surface area contributed by atoms with Gasteiger partial charge in [-0.1, -0.05) is 31.2 Å². The van der Waals surface area contributed by atoms with Crippen LogP contribution in [0.15, 0.2) is 48.5 Å². The Labute approximate surface area is 202 Å². The molecule has 1 fully saturated rings. The van der Waals surface area contributed by atoms with Gasteiger partial charge < -0.3 is 10.6 Å². The fraction of sp³-hybridized carbons (Fsp3) is 0.333. The Morgan fingerprint density at radius 3 is 2.37 bits per heavy atom. The molecule has 0 bridgehead atoms. The van der Waals surface area contributed by atoms with Crippen molar-refractivity contribution >= 4 is 29.7 Å². The van der Waals surface area contributed by atoms with E-state index in [0.29, 0.717) is 35.2 Å². The molecule has 188 valence electrons. The number of hydrogen-bond acceptors (Lipinski definition) is 3. The number of alkyl halides is 6. The first-order chi connectivity index (χ1) is 16.4. The van der Waals surface area contributed by atoms with Crippen LogP contribution in [-0.4, -0.2) is 35.5 Å². The molecule has 3 rings (SSSR count). The molecule has 1 saturated heterocycles. The van der Waals surface area contributed by atoms with Gasteiger partial charge in [0.2, 0.25) is 5.91 Å². The maximum Gasteiger partial charge on any atom is 0.416 e. The van der Waals surface area contributed by atoms with Crippen molar-refractivity contribution in [2.24, 2.45) is 0 Å². The number of carbonyl (C=O) groups is 2. The van der Waals surface area contributed by atoms with Crippen molar-refractivity contribution in [1.29, 1.82) is 0 Å². The van der Waals surface area contributed by atoms with Crippen LogP contribution < -0.4 is 10.6 Å². The molecular formula is C24H22F6N2O2S. The van der Waals surface area contributed by atoms with Crippen LogP contribution >= 0.6 is 11.8 Å². The van der Waals surface area contributed by atoms with E-state index in [1.54, 1.807) is 35.3 Å². The fourth-order valence-corrected chi connectivity index (χ4v) is 4.06. The zero-order valence-corrected chi connectivity index (χ0v) is 19.3. The molecule has 2 N–H and O–H groups in total. The first-order valence-electron chi connectivity index (χ1n) is 10.6. The van der Waals surface area contributed by atoms with Crippen molar-refractivity contribution in [3.63, 3.8) is 0 Å². The molecule has 1 aliphatic heterocycles. The first kappa shape index (κ1) is 26.7. The number of aryl methyl sites for hydroxylation is 1. The van der Waals surface area contributed by atoms with E-state index in [-0.39, 0.29) is 11.9 Å². The van der Waals surface area contributed by atoms with Crippen LogP contribution in [-0.2, 0) is 17.4 Å². The summed E-state index contributed by atoms with van der Waals surface area (Å²) in [6, 6.07) is 5.04. The molecule has 1 aliphatic rings. The zero-order valence-electron chi connectivity index (χ0n) is 18.5. The lowest BCUT2D eigenvalue weighted by Crippen LogP contribution is -2.44. The van der Waals surface area contributed by atoms with Crippen LogP contribution in [0.5, 0.6) is 0 Å². The molecule has 2 aromatic carbocycles. The maximum atomic E-state index is 13.5. The topological polar surface area (TPSA) is 58.2 Å². The number of carbonyl (C=O) groups excluding carboxylic acids is 2. The Morgan fingerprint density at radius 2 is 1.80 bits per heavy atom. The summed E-state index contributed by atoms with van der Waals surface area (Å²) in [6.07, 6.45) is -7.18. The molecule has 0 saturated carbocycles. The van der Waals surface area contributed by atoms with Crippen molar-refractivity contribution in [3.05, 3.63) is 76.4 Å². The lowest BCUT2D eigenvalue weighted by Gasteiger charge is -2.26. The molecule has 0 aliphatic carbocycles. The van der Waals surface area contributed by atoms with Gasteiger partial charge in [-0.15, -0.1) is 0 Å². The summed E-state index contributed by atoms with van der Waals surface area (Å²) in [5, 5.41) is 4.65. The van der Waals surface area contributed by atoms with Crippen molar-refractivity contribution in [2.45, 2.75) is 37.8 Å². The van der Waals surface area contributed by atoms with Crippen LogP contribution in [0.3, 0.4) is 0 Å². The minimum absolute atomic E-state index is 0.124. The van der Waals surface area contributed by atoms with Gasteiger partial charge in [0.25, 0.3) is 5.91 Å². The van der Waals surface area contributed by atoms with Crippen molar-refractivity contribution in [2.75, 3.05) is 11.5 Å². The quantitative estimate of drug-likeness (QED) is 0.375. The Kier molecular flexibility index (Phi) is 8.19. The molecule has 4 nitrogen and oxygen atoms in total. The summed E-state index contributed by atoms with van der Waals surface area (Å²) >= 11 is 1.73. The molecule has 0 aromatic heterocycles. The largest absolute Gasteiger partial charge is 0.416 e. The van der Waals surface area contributed by atoms with E-state index in [2.05, 4.69) is 5.32 Å². The third kappa shape index (κ3) is 7.03. The minimum atomic E-state index is -5.02. The van der Waals surface area contributed by atoms with Crippen LogP contribution in [0.1, 0.15) is 45.6 Å². The van der Waals surface area contributed by atoms with E-state index in [9.17, 15) is 35.9 Å². The highest BCUT2D eigenvalue weighted by atomic mass is 32.2. The van der Waals surface area contributed by atoms with Gasteiger partial charge in [0.05, 0.1) is 5.56 Å². The second-order valence-corrected chi connectivity index (χ2v) is 8.99. The molecule has 2 aromatic rings. The lowest BCUT2D eigenvalue weighted by atomic mass is 10.0. The Bertz CT molecular complexity index is 1110. The van der Waals surface area contributed by atoms with Crippen LogP contribution in [0.4, 0.5) is 26.3 Å². The normalized spacial score (nSPS) is 15.5. The molecule has 1 atom stereocenters. The van der Waals surface area contributed by atoms with Gasteiger partial charge in [-0.25, -0.2) is 0 Å². The van der Waals surface area contributed by atoms with Crippen molar-refractivity contribution in [1.82, 2.24) is 10.6 Å². The minimum Gasteiger partial charge on any atom is -0.348 e. The Hall–Kier alpha value is -2.95. The highest BCUT2D eigenvalue weighted by Gasteiger charge is 2.42. The monoisotopic (exact) mass is 516 g/mol. The van der Waals surface area contributed by atoms with Gasteiger partial charge in [0.15, 0.2) is 6.04 Å². The lowest BCUT2D eigenvalue weighted by molar-refractivity contribution is -0.162. The Morgan fingerprint density at radius 1 is 1.09 bits per heavy atom. The van der Waals surface area contributed by atoms with E-state index < -0.39 is 35.4 Å².